The maximum Gasteiger partial charge on any atom is 0.0376 e. The maximum absolute atomic E-state index is 5.60. The van der Waals surface area contributed by atoms with Crippen molar-refractivity contribution in [3.05, 3.63) is 29.8 Å². The molecule has 0 radical (unpaired) electrons. The molecule has 2 N–H and O–H groups in total. The fourth-order valence-corrected chi connectivity index (χ4v) is 1.69. The summed E-state index contributed by atoms with van der Waals surface area (Å²) in [6.07, 6.45) is 0. The summed E-state index contributed by atoms with van der Waals surface area (Å²) in [7, 11) is 1.87. The van der Waals surface area contributed by atoms with Crippen molar-refractivity contribution >= 4 is 5.69 Å². The smallest absolute Gasteiger partial charge is 0.0376 e. The quantitative estimate of drug-likeness (QED) is 0.590. The van der Waals surface area contributed by atoms with E-state index in [9.17, 15) is 0 Å². The van der Waals surface area contributed by atoms with Gasteiger partial charge in [-0.15, -0.1) is 0 Å². The first-order valence-electron chi connectivity index (χ1n) is 5.47. The minimum atomic E-state index is 0.790. The lowest BCUT2D eigenvalue weighted by Crippen LogP contribution is -2.25. The van der Waals surface area contributed by atoms with Crippen LogP contribution in [-0.2, 0) is 6.54 Å². The Morgan fingerprint density at radius 3 is 2.00 bits per heavy atom. The summed E-state index contributed by atoms with van der Waals surface area (Å²) in [5.41, 5.74) is 2.53. The average Bonchev–Trinajstić information content (AvgIpc) is 2.21. The van der Waals surface area contributed by atoms with Gasteiger partial charge < -0.3 is 4.90 Å². The van der Waals surface area contributed by atoms with Crippen LogP contribution >= 0.6 is 0 Å². The number of hydrogen-bond donors (Lipinski definition) is 1. The second-order valence-electron chi connectivity index (χ2n) is 3.75. The third-order valence-corrected chi connectivity index (χ3v) is 2.50. The first-order valence-corrected chi connectivity index (χ1v) is 5.47. The molecule has 0 unspecified atom stereocenters. The number of hydrogen-bond acceptors (Lipinski definition) is 3. The number of anilines is 1. The van der Waals surface area contributed by atoms with Crippen molar-refractivity contribution in [3.8, 4) is 0 Å². The van der Waals surface area contributed by atoms with E-state index in [-0.39, 0.29) is 0 Å². The predicted octanol–water partition coefficient (Wildman–Crippen LogP) is 1.84. The maximum atomic E-state index is 5.60. The zero-order valence-corrected chi connectivity index (χ0v) is 9.90. The van der Waals surface area contributed by atoms with Crippen molar-refractivity contribution < 1.29 is 0 Å². The van der Waals surface area contributed by atoms with Gasteiger partial charge in [-0.1, -0.05) is 12.1 Å². The van der Waals surface area contributed by atoms with Gasteiger partial charge in [0.05, 0.1) is 0 Å². The van der Waals surface area contributed by atoms with Gasteiger partial charge in [-0.05, 0) is 31.5 Å². The second kappa shape index (κ2) is 5.73. The van der Waals surface area contributed by atoms with Gasteiger partial charge in [0, 0.05) is 32.4 Å². The highest BCUT2D eigenvalue weighted by Gasteiger charge is 2.01. The number of rotatable bonds is 5. The van der Waals surface area contributed by atoms with Crippen LogP contribution in [0.2, 0.25) is 0 Å². The van der Waals surface area contributed by atoms with E-state index in [2.05, 4.69) is 43.0 Å². The lowest BCUT2D eigenvalue weighted by molar-refractivity contribution is 0.341. The minimum absolute atomic E-state index is 0.790. The molecule has 84 valence electrons. The molecular weight excluding hydrogens is 186 g/mol. The van der Waals surface area contributed by atoms with Gasteiger partial charge in [0.15, 0.2) is 0 Å². The van der Waals surface area contributed by atoms with Crippen LogP contribution in [0.3, 0.4) is 0 Å². The highest BCUT2D eigenvalue weighted by atomic mass is 15.4. The first-order chi connectivity index (χ1) is 7.17. The zero-order valence-electron chi connectivity index (χ0n) is 9.90. The normalized spacial score (nSPS) is 10.7. The number of benzene rings is 1. The van der Waals surface area contributed by atoms with Gasteiger partial charge in [-0.3, -0.25) is 5.84 Å². The molecule has 0 heterocycles. The number of nitrogens with zero attached hydrogens (tertiary/aromatic N) is 2. The molecule has 0 aliphatic heterocycles. The highest BCUT2D eigenvalue weighted by molar-refractivity contribution is 5.47. The Morgan fingerprint density at radius 1 is 1.07 bits per heavy atom. The molecule has 0 spiro atoms. The van der Waals surface area contributed by atoms with E-state index in [1.165, 1.54) is 11.3 Å². The molecule has 0 aliphatic carbocycles. The Labute approximate surface area is 92.5 Å². The van der Waals surface area contributed by atoms with Crippen molar-refractivity contribution in [1.82, 2.24) is 5.01 Å². The summed E-state index contributed by atoms with van der Waals surface area (Å²) in [6.45, 7) is 7.23. The molecule has 15 heavy (non-hydrogen) atoms. The second-order valence-corrected chi connectivity index (χ2v) is 3.75. The summed E-state index contributed by atoms with van der Waals surface area (Å²) >= 11 is 0. The van der Waals surface area contributed by atoms with E-state index < -0.39 is 0 Å². The Bertz CT molecular complexity index is 275. The molecule has 0 aromatic heterocycles. The molecule has 1 aromatic carbocycles. The lowest BCUT2D eigenvalue weighted by Gasteiger charge is -2.21. The Kier molecular flexibility index (Phi) is 4.59. The van der Waals surface area contributed by atoms with Crippen LogP contribution in [0.4, 0.5) is 5.69 Å². The Balaban J connectivity index is 2.71. The van der Waals surface area contributed by atoms with Crippen molar-refractivity contribution in [1.29, 1.82) is 0 Å². The van der Waals surface area contributed by atoms with Crippen LogP contribution in [0.1, 0.15) is 19.4 Å². The Hall–Kier alpha value is -1.06. The average molecular weight is 207 g/mol. The van der Waals surface area contributed by atoms with Crippen molar-refractivity contribution in [2.75, 3.05) is 25.0 Å². The number of hydrazine groups is 1. The van der Waals surface area contributed by atoms with E-state index in [0.717, 1.165) is 19.6 Å². The number of nitrogens with two attached hydrogens (primary N) is 1. The first kappa shape index (κ1) is 12.0. The largest absolute Gasteiger partial charge is 0.372 e. The van der Waals surface area contributed by atoms with Gasteiger partial charge >= 0.3 is 0 Å². The molecule has 0 fully saturated rings. The molecule has 0 aliphatic rings. The highest BCUT2D eigenvalue weighted by Crippen LogP contribution is 2.15. The van der Waals surface area contributed by atoms with Crippen LogP contribution in [0.15, 0.2) is 24.3 Å². The summed E-state index contributed by atoms with van der Waals surface area (Å²) in [5, 5.41) is 1.69. The monoisotopic (exact) mass is 207 g/mol. The van der Waals surface area contributed by atoms with Gasteiger partial charge in [0.2, 0.25) is 0 Å². The van der Waals surface area contributed by atoms with E-state index >= 15 is 0 Å². The van der Waals surface area contributed by atoms with Gasteiger partial charge in [0.1, 0.15) is 0 Å². The molecule has 0 saturated carbocycles. The molecule has 3 heteroatoms. The van der Waals surface area contributed by atoms with Crippen molar-refractivity contribution in [2.24, 2.45) is 5.84 Å². The van der Waals surface area contributed by atoms with E-state index in [1.54, 1.807) is 5.01 Å². The van der Waals surface area contributed by atoms with Crippen LogP contribution < -0.4 is 10.7 Å². The standard InChI is InChI=1S/C12H21N3/c1-4-15(5-2)12-8-6-11(7-9-12)10-14(3)13/h6-9H,4-5,10,13H2,1-3H3. The molecule has 0 bridgehead atoms. The van der Waals surface area contributed by atoms with Gasteiger partial charge in [-0.2, -0.15) is 0 Å². The van der Waals surface area contributed by atoms with E-state index in [0.29, 0.717) is 0 Å². The van der Waals surface area contributed by atoms with E-state index in [4.69, 9.17) is 5.84 Å². The SMILES string of the molecule is CCN(CC)c1ccc(CN(C)N)cc1. The van der Waals surface area contributed by atoms with Crippen LogP contribution in [0.5, 0.6) is 0 Å². The molecule has 1 rings (SSSR count). The minimum Gasteiger partial charge on any atom is -0.372 e. The van der Waals surface area contributed by atoms with E-state index in [1.807, 2.05) is 7.05 Å². The summed E-state index contributed by atoms with van der Waals surface area (Å²) in [4.78, 5) is 2.33. The molecule has 0 atom stereocenters. The third kappa shape index (κ3) is 3.53. The van der Waals surface area contributed by atoms with Gasteiger partial charge in [-0.25, -0.2) is 5.01 Å². The topological polar surface area (TPSA) is 32.5 Å². The van der Waals surface area contributed by atoms with Crippen molar-refractivity contribution in [3.63, 3.8) is 0 Å². The molecular formula is C12H21N3. The molecule has 3 nitrogen and oxygen atoms in total. The fourth-order valence-electron chi connectivity index (χ4n) is 1.69. The molecule has 0 saturated heterocycles. The lowest BCUT2D eigenvalue weighted by atomic mass is 10.2. The molecule has 1 aromatic rings. The third-order valence-electron chi connectivity index (χ3n) is 2.50. The van der Waals surface area contributed by atoms with Crippen LogP contribution in [-0.4, -0.2) is 25.1 Å². The molecule has 0 amide bonds. The zero-order chi connectivity index (χ0) is 11.3. The van der Waals surface area contributed by atoms with Crippen LogP contribution in [0, 0.1) is 0 Å². The summed E-state index contributed by atoms with van der Waals surface area (Å²) in [5.74, 6) is 5.60. The summed E-state index contributed by atoms with van der Waals surface area (Å²) < 4.78 is 0. The predicted molar refractivity (Wildman–Crippen MR) is 65.7 cm³/mol. The van der Waals surface area contributed by atoms with Crippen molar-refractivity contribution in [2.45, 2.75) is 20.4 Å². The van der Waals surface area contributed by atoms with Gasteiger partial charge in [0.25, 0.3) is 0 Å². The fraction of sp³-hybridized carbons (Fsp3) is 0.500. The summed E-state index contributed by atoms with van der Waals surface area (Å²) in [6, 6.07) is 8.59. The van der Waals surface area contributed by atoms with Crippen LogP contribution in [0.25, 0.3) is 0 Å². The Morgan fingerprint density at radius 2 is 1.60 bits per heavy atom.